The van der Waals surface area contributed by atoms with Crippen molar-refractivity contribution in [3.63, 3.8) is 0 Å². The molecule has 0 radical (unpaired) electrons. The van der Waals surface area contributed by atoms with E-state index in [1.165, 1.54) is 26.4 Å². The van der Waals surface area contributed by atoms with Crippen molar-refractivity contribution in [2.24, 2.45) is 0 Å². The highest BCUT2D eigenvalue weighted by Crippen LogP contribution is 2.36. The summed E-state index contributed by atoms with van der Waals surface area (Å²) in [5.74, 6) is 0.132. The number of halogens is 1. The van der Waals surface area contributed by atoms with Crippen molar-refractivity contribution in [1.29, 1.82) is 0 Å². The van der Waals surface area contributed by atoms with Gasteiger partial charge in [-0.1, -0.05) is 43.0 Å². The number of benzene rings is 1. The third-order valence-electron chi connectivity index (χ3n) is 3.48. The number of esters is 1. The molecule has 1 fully saturated rings. The first-order valence-electron chi connectivity index (χ1n) is 6.10. The van der Waals surface area contributed by atoms with Gasteiger partial charge in [0.25, 0.3) is 0 Å². The molecule has 0 atom stereocenters. The van der Waals surface area contributed by atoms with Gasteiger partial charge >= 0.3 is 5.97 Å². The third-order valence-corrected chi connectivity index (χ3v) is 3.80. The molecule has 1 saturated carbocycles. The van der Waals surface area contributed by atoms with E-state index in [2.05, 4.69) is 0 Å². The van der Waals surface area contributed by atoms with Crippen LogP contribution < -0.4 is 0 Å². The molecular formula is C14H17ClO2. The molecule has 0 unspecified atom stereocenters. The Bertz CT molecular complexity index is 409. The fourth-order valence-corrected chi connectivity index (χ4v) is 2.87. The van der Waals surface area contributed by atoms with Crippen LogP contribution in [0.4, 0.5) is 0 Å². The number of carbonyl (C=O) groups excluding carboxylic acids is 1. The molecule has 0 saturated heterocycles. The lowest BCUT2D eigenvalue weighted by Crippen LogP contribution is -2.12. The molecule has 1 aromatic carbocycles. The van der Waals surface area contributed by atoms with Crippen LogP contribution in [0.25, 0.3) is 0 Å². The summed E-state index contributed by atoms with van der Waals surface area (Å²) in [6.45, 7) is 0. The van der Waals surface area contributed by atoms with Gasteiger partial charge in [0.2, 0.25) is 0 Å². The summed E-state index contributed by atoms with van der Waals surface area (Å²) in [4.78, 5) is 11.8. The van der Waals surface area contributed by atoms with E-state index in [-0.39, 0.29) is 5.97 Å². The predicted molar refractivity (Wildman–Crippen MR) is 68.6 cm³/mol. The molecule has 0 N–H and O–H groups in total. The van der Waals surface area contributed by atoms with Gasteiger partial charge in [-0.25, -0.2) is 4.79 Å². The molecule has 92 valence electrons. The van der Waals surface area contributed by atoms with Gasteiger partial charge in [0.15, 0.2) is 0 Å². The molecule has 17 heavy (non-hydrogen) atoms. The zero-order valence-corrected chi connectivity index (χ0v) is 10.8. The van der Waals surface area contributed by atoms with Crippen LogP contribution in [0.5, 0.6) is 0 Å². The van der Waals surface area contributed by atoms with Gasteiger partial charge in [-0.15, -0.1) is 0 Å². The SMILES string of the molecule is COC(=O)c1c(Cl)cccc1C1CCCCC1. The minimum absolute atomic E-state index is 0.323. The fourth-order valence-electron chi connectivity index (χ4n) is 2.61. The lowest BCUT2D eigenvalue weighted by molar-refractivity contribution is 0.0598. The highest BCUT2D eigenvalue weighted by atomic mass is 35.5. The summed E-state index contributed by atoms with van der Waals surface area (Å²) in [7, 11) is 1.40. The highest BCUT2D eigenvalue weighted by molar-refractivity contribution is 6.33. The Hall–Kier alpha value is -1.02. The van der Waals surface area contributed by atoms with Crippen molar-refractivity contribution in [3.05, 3.63) is 34.3 Å². The summed E-state index contributed by atoms with van der Waals surface area (Å²) in [6, 6.07) is 5.67. The molecule has 0 heterocycles. The van der Waals surface area contributed by atoms with Crippen LogP contribution in [0.3, 0.4) is 0 Å². The lowest BCUT2D eigenvalue weighted by atomic mass is 9.82. The highest BCUT2D eigenvalue weighted by Gasteiger charge is 2.23. The molecule has 3 heteroatoms. The molecule has 0 amide bonds. The smallest absolute Gasteiger partial charge is 0.339 e. The van der Waals surface area contributed by atoms with Crippen molar-refractivity contribution in [1.82, 2.24) is 0 Å². The molecule has 1 aromatic rings. The molecule has 1 aliphatic rings. The van der Waals surface area contributed by atoms with E-state index in [1.54, 1.807) is 6.07 Å². The number of hydrogen-bond donors (Lipinski definition) is 0. The lowest BCUT2D eigenvalue weighted by Gasteiger charge is -2.24. The number of methoxy groups -OCH3 is 1. The minimum atomic E-state index is -0.323. The predicted octanol–water partition coefficient (Wildman–Crippen LogP) is 4.17. The van der Waals surface area contributed by atoms with Gasteiger partial charge in [0.1, 0.15) is 0 Å². The van der Waals surface area contributed by atoms with Gasteiger partial charge in [0, 0.05) is 0 Å². The van der Waals surface area contributed by atoms with E-state index >= 15 is 0 Å². The van der Waals surface area contributed by atoms with E-state index in [0.717, 1.165) is 18.4 Å². The van der Waals surface area contributed by atoms with Crippen molar-refractivity contribution >= 4 is 17.6 Å². The zero-order valence-electron chi connectivity index (χ0n) is 10.0. The summed E-state index contributed by atoms with van der Waals surface area (Å²) >= 11 is 6.12. The molecule has 0 bridgehead atoms. The zero-order chi connectivity index (χ0) is 12.3. The summed E-state index contributed by atoms with van der Waals surface area (Å²) in [5.41, 5.74) is 1.62. The quantitative estimate of drug-likeness (QED) is 0.739. The van der Waals surface area contributed by atoms with Gasteiger partial charge in [-0.05, 0) is 30.4 Å². The molecular weight excluding hydrogens is 236 g/mol. The Morgan fingerprint density at radius 1 is 1.29 bits per heavy atom. The maximum atomic E-state index is 11.8. The number of carbonyl (C=O) groups is 1. The van der Waals surface area contributed by atoms with Crippen LogP contribution in [-0.2, 0) is 4.74 Å². The Kier molecular flexibility index (Phi) is 4.06. The second kappa shape index (κ2) is 5.54. The first-order valence-corrected chi connectivity index (χ1v) is 6.48. The molecule has 2 nitrogen and oxygen atoms in total. The number of hydrogen-bond acceptors (Lipinski definition) is 2. The largest absolute Gasteiger partial charge is 0.465 e. The van der Waals surface area contributed by atoms with Crippen LogP contribution in [0.15, 0.2) is 18.2 Å². The van der Waals surface area contributed by atoms with E-state index in [9.17, 15) is 4.79 Å². The first kappa shape index (κ1) is 12.4. The summed E-state index contributed by atoms with van der Waals surface area (Å²) in [6.07, 6.45) is 6.05. The molecule has 1 aliphatic carbocycles. The topological polar surface area (TPSA) is 26.3 Å². The summed E-state index contributed by atoms with van der Waals surface area (Å²) < 4.78 is 4.83. The Balaban J connectivity index is 2.38. The molecule has 0 aliphatic heterocycles. The van der Waals surface area contributed by atoms with E-state index in [0.29, 0.717) is 16.5 Å². The average Bonchev–Trinajstić information content (AvgIpc) is 2.38. The van der Waals surface area contributed by atoms with Crippen molar-refractivity contribution in [2.45, 2.75) is 38.0 Å². The number of rotatable bonds is 2. The maximum absolute atomic E-state index is 11.8. The van der Waals surface area contributed by atoms with Crippen molar-refractivity contribution in [3.8, 4) is 0 Å². The maximum Gasteiger partial charge on any atom is 0.339 e. The van der Waals surface area contributed by atoms with Crippen LogP contribution in [0, 0.1) is 0 Å². The van der Waals surface area contributed by atoms with Gasteiger partial charge in [-0.3, -0.25) is 0 Å². The Morgan fingerprint density at radius 2 is 2.00 bits per heavy atom. The van der Waals surface area contributed by atoms with E-state index < -0.39 is 0 Å². The standard InChI is InChI=1S/C14H17ClO2/c1-17-14(16)13-11(8-5-9-12(13)15)10-6-3-2-4-7-10/h5,8-10H,2-4,6-7H2,1H3. The molecule has 0 aromatic heterocycles. The number of ether oxygens (including phenoxy) is 1. The molecule has 2 rings (SSSR count). The van der Waals surface area contributed by atoms with Crippen LogP contribution in [0.1, 0.15) is 53.9 Å². The van der Waals surface area contributed by atoms with Crippen LogP contribution >= 0.6 is 11.6 Å². The average molecular weight is 253 g/mol. The van der Waals surface area contributed by atoms with Crippen LogP contribution in [-0.4, -0.2) is 13.1 Å². The Labute approximate surface area is 107 Å². The Morgan fingerprint density at radius 3 is 2.65 bits per heavy atom. The first-order chi connectivity index (χ1) is 8.24. The second-order valence-electron chi connectivity index (χ2n) is 4.53. The monoisotopic (exact) mass is 252 g/mol. The summed E-state index contributed by atoms with van der Waals surface area (Å²) in [5, 5.41) is 0.500. The fraction of sp³-hybridized carbons (Fsp3) is 0.500. The second-order valence-corrected chi connectivity index (χ2v) is 4.94. The van der Waals surface area contributed by atoms with E-state index in [1.807, 2.05) is 12.1 Å². The van der Waals surface area contributed by atoms with Gasteiger partial charge < -0.3 is 4.74 Å². The van der Waals surface area contributed by atoms with Crippen LogP contribution in [0.2, 0.25) is 5.02 Å². The minimum Gasteiger partial charge on any atom is -0.465 e. The van der Waals surface area contributed by atoms with Gasteiger partial charge in [-0.2, -0.15) is 0 Å². The van der Waals surface area contributed by atoms with Gasteiger partial charge in [0.05, 0.1) is 17.7 Å². The van der Waals surface area contributed by atoms with Crippen molar-refractivity contribution < 1.29 is 9.53 Å². The van der Waals surface area contributed by atoms with Crippen molar-refractivity contribution in [2.75, 3.05) is 7.11 Å². The van der Waals surface area contributed by atoms with E-state index in [4.69, 9.17) is 16.3 Å². The molecule has 0 spiro atoms. The normalized spacial score (nSPS) is 16.8. The third kappa shape index (κ3) is 2.63.